The molecular formula is C33H40N4O8S. The van der Waals surface area contributed by atoms with Gasteiger partial charge in [0.1, 0.15) is 17.5 Å². The van der Waals surface area contributed by atoms with Crippen LogP contribution in [0.15, 0.2) is 53.1 Å². The van der Waals surface area contributed by atoms with E-state index < -0.39 is 51.7 Å². The van der Waals surface area contributed by atoms with Gasteiger partial charge in [0.05, 0.1) is 17.6 Å². The first-order valence-electron chi connectivity index (χ1n) is 15.6. The highest BCUT2D eigenvalue weighted by Crippen LogP contribution is 2.49. The molecule has 1 saturated heterocycles. The number of carbonyl (C=O) groups excluding carboxylic acids is 2. The lowest BCUT2D eigenvalue weighted by Crippen LogP contribution is -2.40. The summed E-state index contributed by atoms with van der Waals surface area (Å²) in [5.74, 6) is -1.84. The van der Waals surface area contributed by atoms with E-state index in [1.807, 2.05) is 55.5 Å². The highest BCUT2D eigenvalue weighted by atomic mass is 32.2. The number of piperidine rings is 1. The molecule has 0 spiro atoms. The number of aliphatic carboxylic acids is 1. The van der Waals surface area contributed by atoms with Gasteiger partial charge in [0, 0.05) is 24.7 Å². The molecule has 3 aromatic rings. The molecule has 46 heavy (non-hydrogen) atoms. The van der Waals surface area contributed by atoms with Crippen LogP contribution in [-0.2, 0) is 36.2 Å². The van der Waals surface area contributed by atoms with Crippen LogP contribution in [0.2, 0.25) is 0 Å². The number of hydrogen-bond acceptors (Lipinski definition) is 9. The molecule has 1 aliphatic carbocycles. The van der Waals surface area contributed by atoms with E-state index in [-0.39, 0.29) is 5.92 Å². The molecule has 1 saturated carbocycles. The summed E-state index contributed by atoms with van der Waals surface area (Å²) < 4.78 is 37.9. The molecule has 1 atom stereocenters. The van der Waals surface area contributed by atoms with Gasteiger partial charge in [-0.15, -0.1) is 0 Å². The van der Waals surface area contributed by atoms with Crippen LogP contribution in [0.4, 0.5) is 16.2 Å². The van der Waals surface area contributed by atoms with Crippen molar-refractivity contribution >= 4 is 39.4 Å². The highest BCUT2D eigenvalue weighted by molar-refractivity contribution is 7.90. The molecule has 246 valence electrons. The molecule has 3 N–H and O–H groups in total. The maximum absolute atomic E-state index is 12.9. The van der Waals surface area contributed by atoms with E-state index in [0.29, 0.717) is 30.0 Å². The number of carboxylic acids is 1. The van der Waals surface area contributed by atoms with Crippen molar-refractivity contribution in [1.82, 2.24) is 9.88 Å². The molecule has 1 aliphatic heterocycles. The van der Waals surface area contributed by atoms with Crippen LogP contribution in [0.5, 0.6) is 0 Å². The Morgan fingerprint density at radius 3 is 2.41 bits per heavy atom. The topological polar surface area (TPSA) is 168 Å². The van der Waals surface area contributed by atoms with Crippen molar-refractivity contribution in [2.75, 3.05) is 29.1 Å². The van der Waals surface area contributed by atoms with E-state index >= 15 is 0 Å². The zero-order chi connectivity index (χ0) is 33.1. The number of nitrogens with one attached hydrogen (secondary N) is 2. The summed E-state index contributed by atoms with van der Waals surface area (Å²) in [5, 5.41) is 15.8. The summed E-state index contributed by atoms with van der Waals surface area (Å²) in [7, 11) is -4.04. The van der Waals surface area contributed by atoms with Crippen molar-refractivity contribution in [2.45, 2.75) is 76.7 Å². The molecular weight excluding hydrogens is 612 g/mol. The maximum atomic E-state index is 12.9. The SMILES string of the molecule is CCc1ccccc1[C@@H](C)OC(=O)Nc1c(C)noc1C1CCN(c2ccc(C3(C(=O)NS(=O)(=O)CCC(=O)O)CC3)cc2)CC1. The third-order valence-electron chi connectivity index (χ3n) is 8.94. The Bertz CT molecular complexity index is 1690. The summed E-state index contributed by atoms with van der Waals surface area (Å²) in [4.78, 5) is 38.8. The van der Waals surface area contributed by atoms with E-state index in [4.69, 9.17) is 14.4 Å². The summed E-state index contributed by atoms with van der Waals surface area (Å²) in [6, 6.07) is 15.5. The van der Waals surface area contributed by atoms with E-state index in [2.05, 4.69) is 27.0 Å². The summed E-state index contributed by atoms with van der Waals surface area (Å²) in [6.07, 6.45) is 1.84. The molecule has 0 radical (unpaired) electrons. The van der Waals surface area contributed by atoms with Crippen molar-refractivity contribution in [3.05, 3.63) is 76.7 Å². The number of amides is 2. The number of hydrogen-bond donors (Lipinski definition) is 3. The summed E-state index contributed by atoms with van der Waals surface area (Å²) >= 11 is 0. The Hall–Kier alpha value is -4.39. The first kappa shape index (κ1) is 33.0. The Kier molecular flexibility index (Phi) is 9.71. The number of rotatable bonds is 12. The summed E-state index contributed by atoms with van der Waals surface area (Å²) in [5.41, 5.74) is 4.01. The number of anilines is 2. The smallest absolute Gasteiger partial charge is 0.412 e. The van der Waals surface area contributed by atoms with Crippen molar-refractivity contribution in [2.24, 2.45) is 0 Å². The minimum Gasteiger partial charge on any atom is -0.481 e. The Labute approximate surface area is 268 Å². The predicted molar refractivity (Wildman–Crippen MR) is 171 cm³/mol. The van der Waals surface area contributed by atoms with E-state index in [1.165, 1.54) is 0 Å². The number of ether oxygens (including phenoxy) is 1. The fraction of sp³-hybridized carbons (Fsp3) is 0.455. The third-order valence-corrected chi connectivity index (χ3v) is 10.2. The minimum atomic E-state index is -4.04. The van der Waals surface area contributed by atoms with Gasteiger partial charge in [0.25, 0.3) is 0 Å². The second-order valence-electron chi connectivity index (χ2n) is 12.0. The second kappa shape index (κ2) is 13.5. The van der Waals surface area contributed by atoms with Gasteiger partial charge in [0.2, 0.25) is 15.9 Å². The average Bonchev–Trinajstić information content (AvgIpc) is 3.78. The molecule has 2 heterocycles. The zero-order valence-electron chi connectivity index (χ0n) is 26.2. The number of aryl methyl sites for hydroxylation is 2. The number of aromatic nitrogens is 1. The number of benzene rings is 2. The predicted octanol–water partition coefficient (Wildman–Crippen LogP) is 5.19. The lowest BCUT2D eigenvalue weighted by molar-refractivity contribution is -0.136. The molecule has 2 aliphatic rings. The van der Waals surface area contributed by atoms with E-state index in [9.17, 15) is 22.8 Å². The molecule has 0 bridgehead atoms. The number of carbonyl (C=O) groups is 3. The van der Waals surface area contributed by atoms with Gasteiger partial charge >= 0.3 is 12.1 Å². The average molecular weight is 653 g/mol. The minimum absolute atomic E-state index is 0.0479. The van der Waals surface area contributed by atoms with E-state index in [1.54, 1.807) is 6.92 Å². The molecule has 0 unspecified atom stereocenters. The lowest BCUT2D eigenvalue weighted by atomic mass is 9.92. The van der Waals surface area contributed by atoms with Gasteiger partial charge in [-0.3, -0.25) is 19.6 Å². The van der Waals surface area contributed by atoms with Crippen molar-refractivity contribution < 1.29 is 37.2 Å². The Morgan fingerprint density at radius 2 is 1.78 bits per heavy atom. The van der Waals surface area contributed by atoms with Gasteiger partial charge in [-0.05, 0) is 74.8 Å². The van der Waals surface area contributed by atoms with Crippen molar-refractivity contribution in [3.8, 4) is 0 Å². The number of nitrogens with zero attached hydrogens (tertiary/aromatic N) is 2. The maximum Gasteiger partial charge on any atom is 0.412 e. The van der Waals surface area contributed by atoms with Crippen molar-refractivity contribution in [1.29, 1.82) is 0 Å². The molecule has 2 aromatic carbocycles. The van der Waals surface area contributed by atoms with Gasteiger partial charge in [-0.25, -0.2) is 13.2 Å². The highest BCUT2D eigenvalue weighted by Gasteiger charge is 2.52. The van der Waals surface area contributed by atoms with Crippen LogP contribution < -0.4 is 14.9 Å². The van der Waals surface area contributed by atoms with Crippen LogP contribution in [-0.4, -0.2) is 55.5 Å². The lowest BCUT2D eigenvalue weighted by Gasteiger charge is -2.33. The van der Waals surface area contributed by atoms with Crippen molar-refractivity contribution in [3.63, 3.8) is 0 Å². The first-order chi connectivity index (χ1) is 21.9. The van der Waals surface area contributed by atoms with Crippen LogP contribution >= 0.6 is 0 Å². The van der Waals surface area contributed by atoms with Gasteiger partial charge in [0.15, 0.2) is 5.76 Å². The summed E-state index contributed by atoms with van der Waals surface area (Å²) in [6.45, 7) is 7.16. The monoisotopic (exact) mass is 652 g/mol. The van der Waals surface area contributed by atoms with Gasteiger partial charge in [-0.2, -0.15) is 0 Å². The second-order valence-corrected chi connectivity index (χ2v) is 13.9. The molecule has 2 fully saturated rings. The van der Waals surface area contributed by atoms with Gasteiger partial charge in [-0.1, -0.05) is 48.5 Å². The molecule has 13 heteroatoms. The first-order valence-corrected chi connectivity index (χ1v) is 17.2. The third kappa shape index (κ3) is 7.35. The fourth-order valence-corrected chi connectivity index (χ4v) is 7.12. The number of carboxylic acid groups (broad SMARTS) is 1. The molecule has 5 rings (SSSR count). The normalized spacial score (nSPS) is 16.8. The fourth-order valence-electron chi connectivity index (χ4n) is 6.10. The van der Waals surface area contributed by atoms with Crippen LogP contribution in [0.25, 0.3) is 0 Å². The number of sulfonamides is 1. The van der Waals surface area contributed by atoms with E-state index in [0.717, 1.165) is 54.7 Å². The standard InChI is InChI=1S/C33H40N4O8S/c1-4-23-7-5-6-8-27(23)22(3)44-32(41)34-29-21(2)35-45-30(29)24-13-18-37(19-14-24)26-11-9-25(10-12-26)33(16-17-33)31(40)36-46(42,43)20-15-28(38)39/h5-12,22,24H,4,13-20H2,1-3H3,(H,34,41)(H,36,40)(H,38,39)/t22-/m1/s1. The molecule has 1 aromatic heterocycles. The quantitative estimate of drug-likeness (QED) is 0.237. The van der Waals surface area contributed by atoms with Crippen LogP contribution in [0.3, 0.4) is 0 Å². The van der Waals surface area contributed by atoms with Gasteiger partial charge < -0.3 is 19.3 Å². The molecule has 12 nitrogen and oxygen atoms in total. The largest absolute Gasteiger partial charge is 0.481 e. The van der Waals surface area contributed by atoms with Crippen LogP contribution in [0, 0.1) is 6.92 Å². The Morgan fingerprint density at radius 1 is 1.11 bits per heavy atom. The van der Waals surface area contributed by atoms with Crippen LogP contribution in [0.1, 0.15) is 86.1 Å². The molecule has 2 amide bonds. The Balaban J connectivity index is 1.17. The zero-order valence-corrected chi connectivity index (χ0v) is 27.1.